The third-order valence-electron chi connectivity index (χ3n) is 6.14. The summed E-state index contributed by atoms with van der Waals surface area (Å²) in [7, 11) is 0. The molecule has 0 radical (unpaired) electrons. The van der Waals surface area contributed by atoms with Crippen molar-refractivity contribution in [3.8, 4) is 0 Å². The Bertz CT molecular complexity index is 850. The van der Waals surface area contributed by atoms with Crippen LogP contribution in [0.25, 0.3) is 0 Å². The minimum absolute atomic E-state index is 0.0594. The molecule has 0 bridgehead atoms. The Kier molecular flexibility index (Phi) is 5.83. The number of nitro benzene ring substituents is 1. The number of amides is 3. The minimum Gasteiger partial charge on any atom is -0.459 e. The van der Waals surface area contributed by atoms with E-state index < -0.39 is 29.0 Å². The van der Waals surface area contributed by atoms with Gasteiger partial charge in [0.2, 0.25) is 0 Å². The number of hydrogen-bond acceptors (Lipinski definition) is 6. The van der Waals surface area contributed by atoms with E-state index >= 15 is 0 Å². The van der Waals surface area contributed by atoms with E-state index in [2.05, 4.69) is 26.1 Å². The van der Waals surface area contributed by atoms with Crippen molar-refractivity contribution in [1.82, 2.24) is 10.2 Å². The summed E-state index contributed by atoms with van der Waals surface area (Å²) in [5, 5.41) is 13.5. The summed E-state index contributed by atoms with van der Waals surface area (Å²) < 4.78 is 5.14. The first-order valence-electron chi connectivity index (χ1n) is 10.0. The molecule has 3 rings (SSSR count). The molecular formula is C21H27N3O6. The van der Waals surface area contributed by atoms with Gasteiger partial charge < -0.3 is 10.1 Å². The second-order valence-corrected chi connectivity index (χ2v) is 9.13. The lowest BCUT2D eigenvalue weighted by Crippen LogP contribution is -2.50. The van der Waals surface area contributed by atoms with E-state index in [1.165, 1.54) is 24.3 Å². The largest absolute Gasteiger partial charge is 0.459 e. The highest BCUT2D eigenvalue weighted by atomic mass is 16.6. The summed E-state index contributed by atoms with van der Waals surface area (Å²) in [5.41, 5.74) is -0.259. The monoisotopic (exact) mass is 417 g/mol. The fraction of sp³-hybridized carbons (Fsp3) is 0.571. The van der Waals surface area contributed by atoms with Gasteiger partial charge >= 0.3 is 12.0 Å². The number of nitrogens with one attached hydrogen (secondary N) is 1. The Hall–Kier alpha value is -2.97. The highest BCUT2D eigenvalue weighted by molar-refractivity contribution is 6.08. The number of urea groups is 1. The van der Waals surface area contributed by atoms with Gasteiger partial charge in [-0.25, -0.2) is 4.79 Å². The van der Waals surface area contributed by atoms with E-state index in [9.17, 15) is 24.5 Å². The van der Waals surface area contributed by atoms with Crippen LogP contribution >= 0.6 is 0 Å². The second-order valence-electron chi connectivity index (χ2n) is 9.13. The van der Waals surface area contributed by atoms with Crippen LogP contribution in [-0.4, -0.2) is 39.8 Å². The van der Waals surface area contributed by atoms with Crippen molar-refractivity contribution in [2.45, 2.75) is 58.6 Å². The van der Waals surface area contributed by atoms with Crippen molar-refractivity contribution in [2.24, 2.45) is 11.3 Å². The summed E-state index contributed by atoms with van der Waals surface area (Å²) >= 11 is 0. The quantitative estimate of drug-likeness (QED) is 0.340. The number of non-ortho nitro benzene ring substituents is 1. The Morgan fingerprint density at radius 1 is 1.23 bits per heavy atom. The van der Waals surface area contributed by atoms with Gasteiger partial charge in [0.05, 0.1) is 4.92 Å². The average molecular weight is 417 g/mol. The molecule has 1 aromatic rings. The number of ether oxygens (including phenoxy) is 1. The van der Waals surface area contributed by atoms with Crippen molar-refractivity contribution >= 4 is 23.6 Å². The van der Waals surface area contributed by atoms with Gasteiger partial charge in [0.25, 0.3) is 11.6 Å². The second kappa shape index (κ2) is 8.04. The molecule has 1 aliphatic carbocycles. The van der Waals surface area contributed by atoms with E-state index in [4.69, 9.17) is 4.74 Å². The molecule has 3 amide bonds. The van der Waals surface area contributed by atoms with Gasteiger partial charge in [-0.3, -0.25) is 24.6 Å². The molecule has 0 unspecified atom stereocenters. The lowest BCUT2D eigenvalue weighted by molar-refractivity contribution is -0.384. The van der Waals surface area contributed by atoms with E-state index in [0.717, 1.165) is 17.7 Å². The maximum Gasteiger partial charge on any atom is 0.326 e. The highest BCUT2D eigenvalue weighted by Crippen LogP contribution is 2.43. The summed E-state index contributed by atoms with van der Waals surface area (Å²) in [4.78, 5) is 48.6. The standard InChI is InChI=1S/C21H27N3O6/c1-20(2,3)15-8-10-21(11-9-15)18(26)23(19(27)22-21)12-17(25)30-13-14-4-6-16(7-5-14)24(28)29/h4-7,15H,8-13H2,1-3H3,(H,22,27). The molecule has 1 aromatic carbocycles. The molecule has 0 atom stereocenters. The third-order valence-corrected chi connectivity index (χ3v) is 6.14. The van der Waals surface area contributed by atoms with Crippen LogP contribution in [0.15, 0.2) is 24.3 Å². The molecule has 1 saturated heterocycles. The molecule has 1 aliphatic heterocycles. The molecule has 1 spiro atoms. The predicted octanol–water partition coefficient (Wildman–Crippen LogP) is 3.16. The topological polar surface area (TPSA) is 119 Å². The lowest BCUT2D eigenvalue weighted by Gasteiger charge is -2.40. The Balaban J connectivity index is 1.55. The highest BCUT2D eigenvalue weighted by Gasteiger charge is 2.53. The molecule has 9 heteroatoms. The summed E-state index contributed by atoms with van der Waals surface area (Å²) in [6.07, 6.45) is 2.81. The molecule has 9 nitrogen and oxygen atoms in total. The normalized spacial score (nSPS) is 24.1. The maximum absolute atomic E-state index is 12.9. The SMILES string of the molecule is CC(C)(C)C1CCC2(CC1)NC(=O)N(CC(=O)OCc1ccc([N+](=O)[O-])cc1)C2=O. The number of esters is 1. The number of imide groups is 1. The third kappa shape index (κ3) is 4.44. The number of nitro groups is 1. The molecule has 0 aromatic heterocycles. The first-order valence-corrected chi connectivity index (χ1v) is 10.0. The number of benzene rings is 1. The molecular weight excluding hydrogens is 390 g/mol. The van der Waals surface area contributed by atoms with Gasteiger partial charge in [-0.15, -0.1) is 0 Å². The zero-order chi connectivity index (χ0) is 22.1. The van der Waals surface area contributed by atoms with Crippen molar-refractivity contribution in [1.29, 1.82) is 0 Å². The lowest BCUT2D eigenvalue weighted by atomic mass is 9.67. The number of nitrogens with zero attached hydrogens (tertiary/aromatic N) is 2. The number of carbonyl (C=O) groups excluding carboxylic acids is 3. The van der Waals surface area contributed by atoms with Gasteiger partial charge in [-0.1, -0.05) is 20.8 Å². The van der Waals surface area contributed by atoms with E-state index in [-0.39, 0.29) is 23.6 Å². The van der Waals surface area contributed by atoms with E-state index in [1.54, 1.807) is 0 Å². The molecule has 1 saturated carbocycles. The summed E-state index contributed by atoms with van der Waals surface area (Å²) in [5.74, 6) is -0.599. The van der Waals surface area contributed by atoms with Crippen LogP contribution < -0.4 is 5.32 Å². The smallest absolute Gasteiger partial charge is 0.326 e. The number of carbonyl (C=O) groups is 3. The van der Waals surface area contributed by atoms with Crippen LogP contribution in [0.5, 0.6) is 0 Å². The van der Waals surface area contributed by atoms with Gasteiger partial charge in [0, 0.05) is 12.1 Å². The van der Waals surface area contributed by atoms with Crippen molar-refractivity contribution in [3.63, 3.8) is 0 Å². The van der Waals surface area contributed by atoms with Crippen LogP contribution in [0.2, 0.25) is 0 Å². The fourth-order valence-corrected chi connectivity index (χ4v) is 4.19. The first kappa shape index (κ1) is 21.7. The molecule has 162 valence electrons. The van der Waals surface area contributed by atoms with Crippen LogP contribution in [0.1, 0.15) is 52.0 Å². The summed E-state index contributed by atoms with van der Waals surface area (Å²) in [6, 6.07) is 5.04. The van der Waals surface area contributed by atoms with Crippen molar-refractivity contribution < 1.29 is 24.0 Å². The first-order chi connectivity index (χ1) is 14.0. The van der Waals surface area contributed by atoms with Gasteiger partial charge in [0.15, 0.2) is 0 Å². The molecule has 2 fully saturated rings. The van der Waals surface area contributed by atoms with Gasteiger partial charge in [-0.2, -0.15) is 0 Å². The minimum atomic E-state index is -0.919. The van der Waals surface area contributed by atoms with Gasteiger partial charge in [0.1, 0.15) is 18.7 Å². The van der Waals surface area contributed by atoms with E-state index in [1.807, 2.05) is 0 Å². The number of rotatable bonds is 5. The van der Waals surface area contributed by atoms with Crippen LogP contribution in [0, 0.1) is 21.4 Å². The van der Waals surface area contributed by atoms with Crippen molar-refractivity contribution in [3.05, 3.63) is 39.9 Å². The molecule has 1 heterocycles. The Morgan fingerprint density at radius 3 is 2.37 bits per heavy atom. The Labute approximate surface area is 174 Å². The maximum atomic E-state index is 12.9. The zero-order valence-electron chi connectivity index (χ0n) is 17.5. The average Bonchev–Trinajstić information content (AvgIpc) is 2.90. The Morgan fingerprint density at radius 2 is 1.83 bits per heavy atom. The van der Waals surface area contributed by atoms with Crippen LogP contribution in [-0.2, 0) is 20.9 Å². The molecule has 1 N–H and O–H groups in total. The van der Waals surface area contributed by atoms with Crippen molar-refractivity contribution in [2.75, 3.05) is 6.54 Å². The molecule has 30 heavy (non-hydrogen) atoms. The van der Waals surface area contributed by atoms with E-state index in [0.29, 0.717) is 24.3 Å². The number of hydrogen-bond donors (Lipinski definition) is 1. The van der Waals surface area contributed by atoms with Gasteiger partial charge in [-0.05, 0) is 54.7 Å². The fourth-order valence-electron chi connectivity index (χ4n) is 4.19. The van der Waals surface area contributed by atoms with Crippen LogP contribution in [0.4, 0.5) is 10.5 Å². The predicted molar refractivity (Wildman–Crippen MR) is 107 cm³/mol. The zero-order valence-corrected chi connectivity index (χ0v) is 17.5. The summed E-state index contributed by atoms with van der Waals surface area (Å²) in [6.45, 7) is 5.98. The van der Waals surface area contributed by atoms with Crippen LogP contribution in [0.3, 0.4) is 0 Å². The molecule has 2 aliphatic rings.